The van der Waals surface area contributed by atoms with Crippen molar-refractivity contribution in [2.75, 3.05) is 0 Å². The van der Waals surface area contributed by atoms with E-state index in [1.807, 2.05) is 6.92 Å². The lowest BCUT2D eigenvalue weighted by atomic mass is 9.87. The maximum Gasteiger partial charge on any atom is 0.294 e. The molecule has 1 N–H and O–H groups in total. The number of benzene rings is 1. The van der Waals surface area contributed by atoms with Gasteiger partial charge in [0.15, 0.2) is 0 Å². The molecule has 0 heterocycles. The molecule has 188 valence electrons. The molecule has 0 bridgehead atoms. The lowest BCUT2D eigenvalue weighted by Gasteiger charge is -2.18. The van der Waals surface area contributed by atoms with Gasteiger partial charge in [-0.1, -0.05) is 76.0 Å². The van der Waals surface area contributed by atoms with Crippen molar-refractivity contribution >= 4 is 10.1 Å². The van der Waals surface area contributed by atoms with Gasteiger partial charge in [0, 0.05) is 19.3 Å². The fourth-order valence-electron chi connectivity index (χ4n) is 4.57. The van der Waals surface area contributed by atoms with E-state index in [1.165, 1.54) is 44.2 Å². The van der Waals surface area contributed by atoms with Crippen LogP contribution < -0.4 is 0 Å². The zero-order valence-corrected chi connectivity index (χ0v) is 21.2. The molecule has 1 saturated carbocycles. The standard InChI is InChI=1S/C20H34F2.C7H8O3S/c1-3-5-7-9-11-13-15-19-17-20(21,22)16-18(19)14-12-10-8-6-4-2;1-6-2-4-7(5-3-6)11(8,9)10/h2,18-19H,3,5-17H2,1H3;2-5H,1H3,(H,8,9,10)/t18-,19-;/m0./s1. The van der Waals surface area contributed by atoms with Crippen LogP contribution in [0.4, 0.5) is 8.78 Å². The van der Waals surface area contributed by atoms with Gasteiger partial charge in [-0.3, -0.25) is 4.55 Å². The van der Waals surface area contributed by atoms with Gasteiger partial charge in [0.2, 0.25) is 5.92 Å². The number of hydrogen-bond donors (Lipinski definition) is 1. The molecule has 1 fully saturated rings. The minimum absolute atomic E-state index is 0.0666. The van der Waals surface area contributed by atoms with Crippen molar-refractivity contribution in [1.29, 1.82) is 0 Å². The second kappa shape index (κ2) is 15.5. The van der Waals surface area contributed by atoms with Gasteiger partial charge in [0.25, 0.3) is 10.1 Å². The molecule has 1 aliphatic carbocycles. The van der Waals surface area contributed by atoms with Crippen molar-refractivity contribution in [1.82, 2.24) is 0 Å². The van der Waals surface area contributed by atoms with Gasteiger partial charge >= 0.3 is 0 Å². The van der Waals surface area contributed by atoms with Gasteiger partial charge in [-0.15, -0.1) is 12.3 Å². The molecule has 1 aromatic carbocycles. The third-order valence-electron chi connectivity index (χ3n) is 6.43. The minimum atomic E-state index is -4.02. The third kappa shape index (κ3) is 13.1. The number of hydrogen-bond acceptors (Lipinski definition) is 2. The van der Waals surface area contributed by atoms with Crippen molar-refractivity contribution in [3.05, 3.63) is 29.8 Å². The van der Waals surface area contributed by atoms with Gasteiger partial charge in [-0.25, -0.2) is 8.78 Å². The third-order valence-corrected chi connectivity index (χ3v) is 7.30. The van der Waals surface area contributed by atoms with Gasteiger partial charge < -0.3 is 0 Å². The summed E-state index contributed by atoms with van der Waals surface area (Å²) >= 11 is 0. The first-order valence-electron chi connectivity index (χ1n) is 12.4. The zero-order valence-electron chi connectivity index (χ0n) is 20.4. The maximum atomic E-state index is 13.7. The maximum absolute atomic E-state index is 13.7. The molecule has 0 spiro atoms. The lowest BCUT2D eigenvalue weighted by molar-refractivity contribution is 0.00188. The van der Waals surface area contributed by atoms with Crippen LogP contribution in [0.1, 0.15) is 102 Å². The second-order valence-electron chi connectivity index (χ2n) is 9.43. The first-order chi connectivity index (χ1) is 15.6. The second-order valence-corrected chi connectivity index (χ2v) is 10.9. The monoisotopic (exact) mass is 484 g/mol. The smallest absolute Gasteiger partial charge is 0.282 e. The summed E-state index contributed by atoms with van der Waals surface area (Å²) in [5.41, 5.74) is 0.956. The van der Waals surface area contributed by atoms with Crippen LogP contribution in [0.3, 0.4) is 0 Å². The van der Waals surface area contributed by atoms with Crippen LogP contribution in [0.25, 0.3) is 0 Å². The van der Waals surface area contributed by atoms with E-state index in [2.05, 4.69) is 12.8 Å². The van der Waals surface area contributed by atoms with Crippen LogP contribution in [0.2, 0.25) is 0 Å². The van der Waals surface area contributed by atoms with E-state index in [9.17, 15) is 17.2 Å². The van der Waals surface area contributed by atoms with Crippen molar-refractivity contribution in [2.45, 2.75) is 115 Å². The Morgan fingerprint density at radius 2 is 1.42 bits per heavy atom. The molecule has 2 atom stereocenters. The number of aryl methyl sites for hydroxylation is 1. The molecule has 3 nitrogen and oxygen atoms in total. The number of halogens is 2. The molecule has 0 aromatic heterocycles. The highest BCUT2D eigenvalue weighted by Gasteiger charge is 2.45. The Balaban J connectivity index is 0.000000412. The van der Waals surface area contributed by atoms with E-state index in [0.29, 0.717) is 0 Å². The van der Waals surface area contributed by atoms with Crippen molar-refractivity contribution in [3.63, 3.8) is 0 Å². The van der Waals surface area contributed by atoms with Crippen LogP contribution in [-0.2, 0) is 10.1 Å². The van der Waals surface area contributed by atoms with E-state index in [0.717, 1.165) is 50.5 Å². The van der Waals surface area contributed by atoms with Crippen molar-refractivity contribution in [2.24, 2.45) is 11.8 Å². The number of terminal acetylenes is 1. The lowest BCUT2D eigenvalue weighted by Crippen LogP contribution is -2.09. The van der Waals surface area contributed by atoms with Crippen molar-refractivity contribution < 1.29 is 21.8 Å². The van der Waals surface area contributed by atoms with E-state index in [1.54, 1.807) is 12.1 Å². The summed E-state index contributed by atoms with van der Waals surface area (Å²) in [7, 11) is -4.02. The molecular formula is C27H42F2O3S. The first-order valence-corrected chi connectivity index (χ1v) is 13.9. The first kappa shape index (κ1) is 29.6. The molecule has 2 rings (SSSR count). The average Bonchev–Trinajstić information content (AvgIpc) is 3.04. The highest BCUT2D eigenvalue weighted by Crippen LogP contribution is 2.47. The van der Waals surface area contributed by atoms with Gasteiger partial charge in [-0.05, 0) is 50.2 Å². The Bertz CT molecular complexity index is 798. The Labute approximate surface area is 200 Å². The van der Waals surface area contributed by atoms with E-state index in [-0.39, 0.29) is 29.6 Å². The Hall–Kier alpha value is -1.45. The fourth-order valence-corrected chi connectivity index (χ4v) is 5.05. The molecule has 0 radical (unpaired) electrons. The normalized spacial score (nSPS) is 19.5. The van der Waals surface area contributed by atoms with Crippen LogP contribution in [0.15, 0.2) is 29.2 Å². The van der Waals surface area contributed by atoms with E-state index >= 15 is 0 Å². The molecule has 1 aliphatic rings. The van der Waals surface area contributed by atoms with Gasteiger partial charge in [-0.2, -0.15) is 8.42 Å². The van der Waals surface area contributed by atoms with Crippen LogP contribution in [0.5, 0.6) is 0 Å². The number of alkyl halides is 2. The van der Waals surface area contributed by atoms with Crippen molar-refractivity contribution in [3.8, 4) is 12.3 Å². The van der Waals surface area contributed by atoms with E-state index in [4.69, 9.17) is 11.0 Å². The molecule has 33 heavy (non-hydrogen) atoms. The van der Waals surface area contributed by atoms with Crippen LogP contribution >= 0.6 is 0 Å². The average molecular weight is 485 g/mol. The van der Waals surface area contributed by atoms with Crippen LogP contribution in [0, 0.1) is 31.1 Å². The predicted octanol–water partition coefficient (Wildman–Crippen LogP) is 8.22. The largest absolute Gasteiger partial charge is 0.294 e. The van der Waals surface area contributed by atoms with Crippen LogP contribution in [-0.4, -0.2) is 18.9 Å². The predicted molar refractivity (Wildman–Crippen MR) is 132 cm³/mol. The highest BCUT2D eigenvalue weighted by molar-refractivity contribution is 7.85. The molecule has 1 aromatic rings. The van der Waals surface area contributed by atoms with Gasteiger partial charge in [0.1, 0.15) is 0 Å². The van der Waals surface area contributed by atoms with Gasteiger partial charge in [0.05, 0.1) is 4.90 Å². The quantitative estimate of drug-likeness (QED) is 0.174. The Morgan fingerprint density at radius 1 is 0.939 bits per heavy atom. The summed E-state index contributed by atoms with van der Waals surface area (Å²) in [6.45, 7) is 4.06. The summed E-state index contributed by atoms with van der Waals surface area (Å²) in [6, 6.07) is 5.99. The molecule has 0 amide bonds. The molecule has 0 unspecified atom stereocenters. The summed E-state index contributed by atoms with van der Waals surface area (Å²) < 4.78 is 57.0. The summed E-state index contributed by atoms with van der Waals surface area (Å²) in [5, 5.41) is 0. The topological polar surface area (TPSA) is 54.4 Å². The Morgan fingerprint density at radius 3 is 1.91 bits per heavy atom. The highest BCUT2D eigenvalue weighted by atomic mass is 32.2. The number of unbranched alkanes of at least 4 members (excludes halogenated alkanes) is 8. The molecule has 6 heteroatoms. The summed E-state index contributed by atoms with van der Waals surface area (Å²) in [4.78, 5) is -0.0666. The zero-order chi connectivity index (χ0) is 24.7. The molecule has 0 aliphatic heterocycles. The molecular weight excluding hydrogens is 442 g/mol. The minimum Gasteiger partial charge on any atom is -0.282 e. The fraction of sp³-hybridized carbons (Fsp3) is 0.704. The summed E-state index contributed by atoms with van der Waals surface area (Å²) in [5.74, 6) is 0.745. The number of rotatable bonds is 13. The SMILES string of the molecule is C#CCCCCC[C@H]1CC(F)(F)C[C@@H]1CCCCCCCC.Cc1ccc(S(=O)(=O)O)cc1. The summed E-state index contributed by atoms with van der Waals surface area (Å²) in [6.07, 6.45) is 19.0. The Kier molecular flexibility index (Phi) is 13.9. The molecule has 0 saturated heterocycles. The van der Waals surface area contributed by atoms with E-state index < -0.39 is 16.0 Å².